The molecule has 1 unspecified atom stereocenters. The zero-order valence-corrected chi connectivity index (χ0v) is 9.71. The van der Waals surface area contributed by atoms with E-state index in [9.17, 15) is 4.79 Å². The first-order valence-electron chi connectivity index (χ1n) is 4.65. The summed E-state index contributed by atoms with van der Waals surface area (Å²) < 4.78 is 10.4. The second kappa shape index (κ2) is 4.40. The van der Waals surface area contributed by atoms with E-state index in [0.29, 0.717) is 19.8 Å². The number of hydrogen-bond donors (Lipinski definition) is 1. The van der Waals surface area contributed by atoms with Gasteiger partial charge in [0.05, 0.1) is 13.2 Å². The molecular weight excluding hydrogens is 202 g/mol. The van der Waals surface area contributed by atoms with E-state index < -0.39 is 5.60 Å². The van der Waals surface area contributed by atoms with E-state index in [-0.39, 0.29) is 11.5 Å². The normalized spacial score (nSPS) is 23.4. The van der Waals surface area contributed by atoms with Gasteiger partial charge in [-0.05, 0) is 20.8 Å². The van der Waals surface area contributed by atoms with Crippen LogP contribution in [0.3, 0.4) is 0 Å². The van der Waals surface area contributed by atoms with Crippen molar-refractivity contribution in [2.45, 2.75) is 31.7 Å². The van der Waals surface area contributed by atoms with Crippen molar-refractivity contribution in [1.82, 2.24) is 4.90 Å². The van der Waals surface area contributed by atoms with Gasteiger partial charge in [0.1, 0.15) is 11.0 Å². The molecule has 1 rings (SSSR count). The Morgan fingerprint density at radius 2 is 2.21 bits per heavy atom. The molecule has 0 saturated carbocycles. The highest BCUT2D eigenvalue weighted by atomic mass is 32.1. The molecule has 0 radical (unpaired) electrons. The number of amides is 1. The van der Waals surface area contributed by atoms with Crippen molar-refractivity contribution < 1.29 is 14.3 Å². The molecule has 14 heavy (non-hydrogen) atoms. The number of ether oxygens (including phenoxy) is 2. The van der Waals surface area contributed by atoms with Crippen LogP contribution in [0.2, 0.25) is 0 Å². The minimum absolute atomic E-state index is 0.196. The Morgan fingerprint density at radius 1 is 1.57 bits per heavy atom. The standard InChI is InChI=1S/C9H17NO3S/c1-9(2,3)13-8(11)10-4-5-12-6-7(10)14/h7,14H,4-6H2,1-3H3. The van der Waals surface area contributed by atoms with Crippen LogP contribution in [-0.2, 0) is 9.47 Å². The van der Waals surface area contributed by atoms with Crippen LogP contribution in [-0.4, -0.2) is 41.7 Å². The van der Waals surface area contributed by atoms with Gasteiger partial charge in [0.2, 0.25) is 0 Å². The molecule has 0 aromatic carbocycles. The van der Waals surface area contributed by atoms with Crippen LogP contribution in [0.25, 0.3) is 0 Å². The van der Waals surface area contributed by atoms with E-state index in [4.69, 9.17) is 9.47 Å². The monoisotopic (exact) mass is 219 g/mol. The van der Waals surface area contributed by atoms with Gasteiger partial charge in [0.25, 0.3) is 0 Å². The molecule has 1 atom stereocenters. The molecule has 0 aromatic heterocycles. The van der Waals surface area contributed by atoms with Gasteiger partial charge in [-0.2, -0.15) is 12.6 Å². The number of carbonyl (C=O) groups excluding carboxylic acids is 1. The molecule has 82 valence electrons. The highest BCUT2D eigenvalue weighted by molar-refractivity contribution is 7.80. The Bertz CT molecular complexity index is 215. The number of morpholine rings is 1. The first kappa shape index (κ1) is 11.7. The summed E-state index contributed by atoms with van der Waals surface area (Å²) in [6.07, 6.45) is -0.319. The Kier molecular flexibility index (Phi) is 3.66. The third kappa shape index (κ3) is 3.38. The Labute approximate surface area is 90.0 Å². The van der Waals surface area contributed by atoms with Gasteiger partial charge in [-0.25, -0.2) is 4.79 Å². The summed E-state index contributed by atoms with van der Waals surface area (Å²) in [4.78, 5) is 13.2. The molecule has 0 spiro atoms. The predicted molar refractivity (Wildman–Crippen MR) is 56.5 cm³/mol. The van der Waals surface area contributed by atoms with Crippen molar-refractivity contribution in [2.75, 3.05) is 19.8 Å². The molecule has 0 N–H and O–H groups in total. The third-order valence-corrected chi connectivity index (χ3v) is 2.16. The fourth-order valence-corrected chi connectivity index (χ4v) is 1.44. The van der Waals surface area contributed by atoms with Crippen molar-refractivity contribution in [3.8, 4) is 0 Å². The summed E-state index contributed by atoms with van der Waals surface area (Å²) >= 11 is 4.25. The topological polar surface area (TPSA) is 38.8 Å². The summed E-state index contributed by atoms with van der Waals surface area (Å²) in [5.74, 6) is 0. The Morgan fingerprint density at radius 3 is 2.71 bits per heavy atom. The highest BCUT2D eigenvalue weighted by Gasteiger charge is 2.28. The van der Waals surface area contributed by atoms with E-state index >= 15 is 0 Å². The maximum Gasteiger partial charge on any atom is 0.411 e. The molecule has 1 saturated heterocycles. The quantitative estimate of drug-likeness (QED) is 0.628. The third-order valence-electron chi connectivity index (χ3n) is 1.73. The minimum atomic E-state index is -0.455. The Balaban J connectivity index is 2.50. The second-order valence-electron chi connectivity index (χ2n) is 4.23. The number of nitrogens with zero attached hydrogens (tertiary/aromatic N) is 1. The number of thiol groups is 1. The average Bonchev–Trinajstić information content (AvgIpc) is 2.01. The lowest BCUT2D eigenvalue weighted by molar-refractivity contribution is -0.0132. The first-order chi connectivity index (χ1) is 6.40. The lowest BCUT2D eigenvalue weighted by Crippen LogP contribution is -2.47. The summed E-state index contributed by atoms with van der Waals surface area (Å²) in [7, 11) is 0. The molecule has 1 aliphatic rings. The van der Waals surface area contributed by atoms with Crippen LogP contribution in [0.5, 0.6) is 0 Å². The highest BCUT2D eigenvalue weighted by Crippen LogP contribution is 2.15. The van der Waals surface area contributed by atoms with Crippen molar-refractivity contribution in [3.05, 3.63) is 0 Å². The molecular formula is C9H17NO3S. The van der Waals surface area contributed by atoms with Crippen molar-refractivity contribution in [2.24, 2.45) is 0 Å². The molecule has 0 aliphatic carbocycles. The van der Waals surface area contributed by atoms with Crippen LogP contribution in [0.15, 0.2) is 0 Å². The van der Waals surface area contributed by atoms with E-state index in [1.165, 1.54) is 0 Å². The van der Waals surface area contributed by atoms with Gasteiger partial charge in [0, 0.05) is 6.54 Å². The van der Waals surface area contributed by atoms with E-state index in [1.807, 2.05) is 20.8 Å². The molecule has 0 aromatic rings. The predicted octanol–water partition coefficient (Wildman–Crippen LogP) is 1.51. The molecule has 0 bridgehead atoms. The molecule has 1 fully saturated rings. The number of hydrogen-bond acceptors (Lipinski definition) is 4. The zero-order valence-electron chi connectivity index (χ0n) is 8.82. The lowest BCUT2D eigenvalue weighted by atomic mass is 10.2. The van der Waals surface area contributed by atoms with E-state index in [2.05, 4.69) is 12.6 Å². The average molecular weight is 219 g/mol. The van der Waals surface area contributed by atoms with Gasteiger partial charge in [-0.1, -0.05) is 0 Å². The molecule has 5 heteroatoms. The SMILES string of the molecule is CC(C)(C)OC(=O)N1CCOCC1S. The lowest BCUT2D eigenvalue weighted by Gasteiger charge is -2.33. The first-order valence-corrected chi connectivity index (χ1v) is 5.17. The number of rotatable bonds is 0. The minimum Gasteiger partial charge on any atom is -0.444 e. The number of carbonyl (C=O) groups is 1. The molecule has 1 aliphatic heterocycles. The molecule has 4 nitrogen and oxygen atoms in total. The van der Waals surface area contributed by atoms with Crippen LogP contribution < -0.4 is 0 Å². The van der Waals surface area contributed by atoms with Gasteiger partial charge in [-0.15, -0.1) is 0 Å². The van der Waals surface area contributed by atoms with Gasteiger partial charge in [-0.3, -0.25) is 4.90 Å². The van der Waals surface area contributed by atoms with Crippen LogP contribution in [0.1, 0.15) is 20.8 Å². The molecule has 1 heterocycles. The molecule has 1 amide bonds. The summed E-state index contributed by atoms with van der Waals surface area (Å²) in [6.45, 7) is 7.10. The smallest absolute Gasteiger partial charge is 0.411 e. The maximum atomic E-state index is 11.6. The largest absolute Gasteiger partial charge is 0.444 e. The van der Waals surface area contributed by atoms with Crippen LogP contribution >= 0.6 is 12.6 Å². The zero-order chi connectivity index (χ0) is 10.8. The van der Waals surface area contributed by atoms with Crippen molar-refractivity contribution >= 4 is 18.7 Å². The summed E-state index contributed by atoms with van der Waals surface area (Å²) in [5.41, 5.74) is -0.455. The Hall–Kier alpha value is -0.420. The maximum absolute atomic E-state index is 11.6. The van der Waals surface area contributed by atoms with E-state index in [1.54, 1.807) is 4.90 Å². The van der Waals surface area contributed by atoms with Gasteiger partial charge in [0.15, 0.2) is 0 Å². The van der Waals surface area contributed by atoms with Crippen molar-refractivity contribution in [1.29, 1.82) is 0 Å². The summed E-state index contributed by atoms with van der Waals surface area (Å²) in [6, 6.07) is 0. The summed E-state index contributed by atoms with van der Waals surface area (Å²) in [5, 5.41) is -0.196. The van der Waals surface area contributed by atoms with Crippen molar-refractivity contribution in [3.63, 3.8) is 0 Å². The fraction of sp³-hybridized carbons (Fsp3) is 0.889. The van der Waals surface area contributed by atoms with Gasteiger partial charge < -0.3 is 9.47 Å². The van der Waals surface area contributed by atoms with E-state index in [0.717, 1.165) is 0 Å². The van der Waals surface area contributed by atoms with Crippen LogP contribution in [0.4, 0.5) is 4.79 Å². The second-order valence-corrected chi connectivity index (χ2v) is 4.83. The van der Waals surface area contributed by atoms with Crippen LogP contribution in [0, 0.1) is 0 Å². The fourth-order valence-electron chi connectivity index (χ4n) is 1.12. The van der Waals surface area contributed by atoms with Gasteiger partial charge >= 0.3 is 6.09 Å².